The van der Waals surface area contributed by atoms with Crippen molar-refractivity contribution in [1.82, 2.24) is 5.32 Å². The highest BCUT2D eigenvalue weighted by Crippen LogP contribution is 2.23. The van der Waals surface area contributed by atoms with Crippen molar-refractivity contribution >= 4 is 11.7 Å². The summed E-state index contributed by atoms with van der Waals surface area (Å²) in [4.78, 5) is 12.0. The Morgan fingerprint density at radius 1 is 1.09 bits per heavy atom. The first-order valence-corrected chi connectivity index (χ1v) is 7.52. The van der Waals surface area contributed by atoms with Crippen LogP contribution in [0.3, 0.4) is 0 Å². The van der Waals surface area contributed by atoms with Crippen molar-refractivity contribution in [2.24, 2.45) is 0 Å². The van der Waals surface area contributed by atoms with E-state index in [1.54, 1.807) is 0 Å². The molecule has 4 heteroatoms. The maximum Gasteiger partial charge on any atom is 0.319 e. The van der Waals surface area contributed by atoms with Gasteiger partial charge in [-0.05, 0) is 43.5 Å². The van der Waals surface area contributed by atoms with Crippen LogP contribution in [-0.2, 0) is 6.42 Å². The second kappa shape index (κ2) is 8.08. The van der Waals surface area contributed by atoms with Crippen LogP contribution in [0.5, 0.6) is 5.75 Å². The molecule has 0 heterocycles. The minimum Gasteiger partial charge on any atom is -0.492 e. The molecule has 2 amide bonds. The van der Waals surface area contributed by atoms with Gasteiger partial charge in [-0.15, -0.1) is 0 Å². The van der Waals surface area contributed by atoms with Crippen molar-refractivity contribution in [3.63, 3.8) is 0 Å². The maximum atomic E-state index is 12.0. The Morgan fingerprint density at radius 2 is 1.82 bits per heavy atom. The van der Waals surface area contributed by atoms with E-state index < -0.39 is 0 Å². The zero-order chi connectivity index (χ0) is 15.8. The fourth-order valence-electron chi connectivity index (χ4n) is 2.22. The number of rotatable bonds is 6. The number of hydrogen-bond acceptors (Lipinski definition) is 2. The summed E-state index contributed by atoms with van der Waals surface area (Å²) in [7, 11) is 0. The zero-order valence-electron chi connectivity index (χ0n) is 13.1. The molecule has 0 bridgehead atoms. The summed E-state index contributed by atoms with van der Waals surface area (Å²) in [6.07, 6.45) is 0.813. The van der Waals surface area contributed by atoms with Gasteiger partial charge in [0.2, 0.25) is 0 Å². The van der Waals surface area contributed by atoms with E-state index in [0.29, 0.717) is 24.6 Å². The Balaban J connectivity index is 1.85. The number of carbonyl (C=O) groups is 1. The fraction of sp³-hybridized carbons (Fsp3) is 0.278. The van der Waals surface area contributed by atoms with Crippen LogP contribution >= 0.6 is 0 Å². The molecule has 0 aromatic heterocycles. The molecule has 0 aliphatic heterocycles. The predicted octanol–water partition coefficient (Wildman–Crippen LogP) is 3.76. The van der Waals surface area contributed by atoms with Gasteiger partial charge < -0.3 is 15.4 Å². The largest absolute Gasteiger partial charge is 0.492 e. The molecule has 0 spiro atoms. The number of aryl methyl sites for hydroxylation is 1. The number of para-hydroxylation sites is 2. The number of ether oxygens (including phenoxy) is 1. The lowest BCUT2D eigenvalue weighted by molar-refractivity contribution is 0.252. The molecular formula is C18H22N2O2. The fourth-order valence-corrected chi connectivity index (χ4v) is 2.22. The monoisotopic (exact) mass is 298 g/mol. The molecule has 4 nitrogen and oxygen atoms in total. The molecule has 116 valence electrons. The molecule has 2 rings (SSSR count). The molecule has 0 aliphatic carbocycles. The average Bonchev–Trinajstić information content (AvgIpc) is 2.51. The first kappa shape index (κ1) is 15.9. The van der Waals surface area contributed by atoms with Gasteiger partial charge in [0.15, 0.2) is 0 Å². The molecule has 0 aliphatic rings. The number of urea groups is 1. The van der Waals surface area contributed by atoms with E-state index in [9.17, 15) is 4.79 Å². The summed E-state index contributed by atoms with van der Waals surface area (Å²) >= 11 is 0. The second-order valence-electron chi connectivity index (χ2n) is 4.99. The molecule has 2 aromatic rings. The minimum atomic E-state index is -0.222. The van der Waals surface area contributed by atoms with Gasteiger partial charge in [0, 0.05) is 6.54 Å². The Bertz CT molecular complexity index is 626. The lowest BCUT2D eigenvalue weighted by Gasteiger charge is -2.12. The molecular weight excluding hydrogens is 276 g/mol. The highest BCUT2D eigenvalue weighted by Gasteiger charge is 2.06. The standard InChI is InChI=1S/C18H22N2O2/c1-3-22-17-11-7-6-10-16(17)20-18(21)19-13-12-15-9-5-4-8-14(15)2/h4-11H,3,12-13H2,1-2H3,(H2,19,20,21). The van der Waals surface area contributed by atoms with Crippen LogP contribution < -0.4 is 15.4 Å². The van der Waals surface area contributed by atoms with E-state index in [2.05, 4.69) is 29.7 Å². The van der Waals surface area contributed by atoms with E-state index in [0.717, 1.165) is 6.42 Å². The summed E-state index contributed by atoms with van der Waals surface area (Å²) in [5.74, 6) is 0.680. The summed E-state index contributed by atoms with van der Waals surface area (Å²) in [5.41, 5.74) is 3.17. The van der Waals surface area contributed by atoms with Crippen molar-refractivity contribution in [1.29, 1.82) is 0 Å². The smallest absolute Gasteiger partial charge is 0.319 e. The van der Waals surface area contributed by atoms with E-state index >= 15 is 0 Å². The van der Waals surface area contributed by atoms with Gasteiger partial charge in [0.25, 0.3) is 0 Å². The van der Waals surface area contributed by atoms with Gasteiger partial charge in [0.1, 0.15) is 5.75 Å². The van der Waals surface area contributed by atoms with Crippen LogP contribution in [0, 0.1) is 6.92 Å². The van der Waals surface area contributed by atoms with Crippen molar-refractivity contribution in [3.8, 4) is 5.75 Å². The molecule has 0 saturated heterocycles. The van der Waals surface area contributed by atoms with Gasteiger partial charge in [-0.1, -0.05) is 36.4 Å². The van der Waals surface area contributed by atoms with Gasteiger partial charge in [-0.2, -0.15) is 0 Å². The Morgan fingerprint density at radius 3 is 2.59 bits per heavy atom. The van der Waals surface area contributed by atoms with E-state index in [4.69, 9.17) is 4.74 Å². The number of carbonyl (C=O) groups excluding carboxylic acids is 1. The molecule has 0 fully saturated rings. The molecule has 0 saturated carbocycles. The third-order valence-corrected chi connectivity index (χ3v) is 3.38. The number of amides is 2. The quantitative estimate of drug-likeness (QED) is 0.853. The summed E-state index contributed by atoms with van der Waals surface area (Å²) in [6, 6.07) is 15.4. The van der Waals surface area contributed by atoms with Gasteiger partial charge in [0.05, 0.1) is 12.3 Å². The summed E-state index contributed by atoms with van der Waals surface area (Å²) < 4.78 is 5.48. The minimum absolute atomic E-state index is 0.222. The maximum absolute atomic E-state index is 12.0. The van der Waals surface area contributed by atoms with Gasteiger partial charge in [-0.25, -0.2) is 4.79 Å². The molecule has 0 radical (unpaired) electrons. The third kappa shape index (κ3) is 4.52. The van der Waals surface area contributed by atoms with Crippen LogP contribution in [0.25, 0.3) is 0 Å². The highest BCUT2D eigenvalue weighted by molar-refractivity contribution is 5.90. The summed E-state index contributed by atoms with van der Waals surface area (Å²) in [6.45, 7) is 5.15. The SMILES string of the molecule is CCOc1ccccc1NC(=O)NCCc1ccccc1C. The first-order chi connectivity index (χ1) is 10.7. The van der Waals surface area contributed by atoms with Crippen LogP contribution in [0.2, 0.25) is 0 Å². The van der Waals surface area contributed by atoms with Crippen LogP contribution in [-0.4, -0.2) is 19.2 Å². The van der Waals surface area contributed by atoms with Crippen molar-refractivity contribution < 1.29 is 9.53 Å². The Labute approximate surface area is 131 Å². The Hall–Kier alpha value is -2.49. The number of anilines is 1. The molecule has 22 heavy (non-hydrogen) atoms. The predicted molar refractivity (Wildman–Crippen MR) is 89.5 cm³/mol. The number of nitrogens with one attached hydrogen (secondary N) is 2. The highest BCUT2D eigenvalue weighted by atomic mass is 16.5. The molecule has 0 unspecified atom stereocenters. The number of hydrogen-bond donors (Lipinski definition) is 2. The zero-order valence-corrected chi connectivity index (χ0v) is 13.1. The summed E-state index contributed by atoms with van der Waals surface area (Å²) in [5, 5.41) is 5.69. The van der Waals surface area contributed by atoms with Crippen LogP contribution in [0.15, 0.2) is 48.5 Å². The third-order valence-electron chi connectivity index (χ3n) is 3.38. The molecule has 0 atom stereocenters. The van der Waals surface area contributed by atoms with Crippen LogP contribution in [0.4, 0.5) is 10.5 Å². The lowest BCUT2D eigenvalue weighted by atomic mass is 10.1. The van der Waals surface area contributed by atoms with Crippen molar-refractivity contribution in [3.05, 3.63) is 59.7 Å². The van der Waals surface area contributed by atoms with Gasteiger partial charge in [-0.3, -0.25) is 0 Å². The number of benzene rings is 2. The van der Waals surface area contributed by atoms with E-state index in [1.165, 1.54) is 11.1 Å². The average molecular weight is 298 g/mol. The van der Waals surface area contributed by atoms with Crippen molar-refractivity contribution in [2.75, 3.05) is 18.5 Å². The van der Waals surface area contributed by atoms with Crippen LogP contribution in [0.1, 0.15) is 18.1 Å². The topological polar surface area (TPSA) is 50.4 Å². The first-order valence-electron chi connectivity index (χ1n) is 7.52. The van der Waals surface area contributed by atoms with E-state index in [-0.39, 0.29) is 6.03 Å². The van der Waals surface area contributed by atoms with Gasteiger partial charge >= 0.3 is 6.03 Å². The normalized spacial score (nSPS) is 10.1. The molecule has 2 N–H and O–H groups in total. The van der Waals surface area contributed by atoms with E-state index in [1.807, 2.05) is 43.3 Å². The molecule has 2 aromatic carbocycles. The second-order valence-corrected chi connectivity index (χ2v) is 4.99. The Kier molecular flexibility index (Phi) is 5.83. The lowest BCUT2D eigenvalue weighted by Crippen LogP contribution is -2.30. The van der Waals surface area contributed by atoms with Crippen molar-refractivity contribution in [2.45, 2.75) is 20.3 Å².